The van der Waals surface area contributed by atoms with E-state index in [0.29, 0.717) is 11.2 Å². The molecule has 0 saturated heterocycles. The Labute approximate surface area is 112 Å². The zero-order valence-electron chi connectivity index (χ0n) is 9.51. The van der Waals surface area contributed by atoms with Crippen LogP contribution in [-0.4, -0.2) is 14.6 Å². The number of nitriles is 1. The average molecular weight is 273 g/mol. The smallest absolute Gasteiger partial charge is 0.186 e. The van der Waals surface area contributed by atoms with Crippen LogP contribution in [0.1, 0.15) is 5.56 Å². The van der Waals surface area contributed by atoms with Gasteiger partial charge in [0.25, 0.3) is 0 Å². The molecule has 0 aliphatic rings. The molecule has 4 nitrogen and oxygen atoms in total. The van der Waals surface area contributed by atoms with Crippen molar-refractivity contribution in [2.24, 2.45) is 0 Å². The summed E-state index contributed by atoms with van der Waals surface area (Å²) in [5.41, 5.74) is 0.879. The van der Waals surface area contributed by atoms with Crippen LogP contribution in [0.4, 0.5) is 4.39 Å². The Morgan fingerprint density at radius 3 is 2.84 bits per heavy atom. The van der Waals surface area contributed by atoms with E-state index < -0.39 is 5.82 Å². The fraction of sp³-hybridized carbons (Fsp3) is 0. The summed E-state index contributed by atoms with van der Waals surface area (Å²) in [4.78, 5) is 4.18. The molecule has 0 saturated carbocycles. The van der Waals surface area contributed by atoms with Gasteiger partial charge in [-0.15, -0.1) is 5.10 Å². The summed E-state index contributed by atoms with van der Waals surface area (Å²) in [6.45, 7) is 0. The highest BCUT2D eigenvalue weighted by Gasteiger charge is 2.16. The molecule has 0 aliphatic carbocycles. The molecular weight excluding hydrogens is 267 g/mol. The van der Waals surface area contributed by atoms with Gasteiger partial charge in [0.05, 0.1) is 16.1 Å². The molecule has 1 aromatic carbocycles. The first-order valence-electron chi connectivity index (χ1n) is 5.40. The van der Waals surface area contributed by atoms with Crippen molar-refractivity contribution in [3.63, 3.8) is 0 Å². The third-order valence-electron chi connectivity index (χ3n) is 2.67. The molecule has 0 bridgehead atoms. The van der Waals surface area contributed by atoms with E-state index in [2.05, 4.69) is 10.1 Å². The molecule has 0 N–H and O–H groups in total. The molecule has 6 heteroatoms. The molecule has 0 unspecified atom stereocenters. The number of rotatable bonds is 1. The first kappa shape index (κ1) is 11.6. The lowest BCUT2D eigenvalue weighted by Crippen LogP contribution is -1.89. The average Bonchev–Trinajstić information content (AvgIpc) is 2.81. The summed E-state index contributed by atoms with van der Waals surface area (Å²) in [6, 6.07) is 9.68. The van der Waals surface area contributed by atoms with E-state index >= 15 is 0 Å². The van der Waals surface area contributed by atoms with Gasteiger partial charge in [0.1, 0.15) is 11.9 Å². The van der Waals surface area contributed by atoms with Gasteiger partial charge >= 0.3 is 0 Å². The monoisotopic (exact) mass is 272 g/mol. The van der Waals surface area contributed by atoms with Crippen LogP contribution in [0.15, 0.2) is 36.5 Å². The molecule has 0 amide bonds. The highest BCUT2D eigenvalue weighted by atomic mass is 35.5. The largest absolute Gasteiger partial charge is 0.219 e. The number of nitrogens with zero attached hydrogens (tertiary/aromatic N) is 4. The topological polar surface area (TPSA) is 54.0 Å². The second kappa shape index (κ2) is 4.34. The van der Waals surface area contributed by atoms with Crippen LogP contribution in [0.5, 0.6) is 0 Å². The van der Waals surface area contributed by atoms with Gasteiger partial charge in [-0.2, -0.15) is 5.26 Å². The van der Waals surface area contributed by atoms with E-state index in [1.807, 2.05) is 6.07 Å². The number of benzene rings is 1. The molecule has 0 spiro atoms. The fourth-order valence-electron chi connectivity index (χ4n) is 1.81. The van der Waals surface area contributed by atoms with Gasteiger partial charge in [0.15, 0.2) is 11.5 Å². The summed E-state index contributed by atoms with van der Waals surface area (Å²) in [5, 5.41) is 13.4. The van der Waals surface area contributed by atoms with Gasteiger partial charge in [0.2, 0.25) is 0 Å². The van der Waals surface area contributed by atoms with E-state index in [-0.39, 0.29) is 16.4 Å². The lowest BCUT2D eigenvalue weighted by molar-refractivity contribution is 0.630. The number of halogens is 2. The van der Waals surface area contributed by atoms with Gasteiger partial charge in [-0.1, -0.05) is 17.7 Å². The maximum Gasteiger partial charge on any atom is 0.186 e. The summed E-state index contributed by atoms with van der Waals surface area (Å²) in [6.07, 6.45) is 1.64. The Morgan fingerprint density at radius 1 is 1.26 bits per heavy atom. The van der Waals surface area contributed by atoms with Crippen molar-refractivity contribution >= 4 is 17.2 Å². The van der Waals surface area contributed by atoms with Crippen molar-refractivity contribution in [2.45, 2.75) is 0 Å². The van der Waals surface area contributed by atoms with Gasteiger partial charge in [-0.3, -0.25) is 0 Å². The van der Waals surface area contributed by atoms with Crippen LogP contribution in [0.3, 0.4) is 0 Å². The van der Waals surface area contributed by atoms with Gasteiger partial charge in [0, 0.05) is 6.20 Å². The van der Waals surface area contributed by atoms with Crippen molar-refractivity contribution in [2.75, 3.05) is 0 Å². The lowest BCUT2D eigenvalue weighted by Gasteiger charge is -1.99. The third kappa shape index (κ3) is 1.83. The number of aromatic nitrogens is 3. The van der Waals surface area contributed by atoms with Gasteiger partial charge < -0.3 is 0 Å². The molecule has 0 aliphatic heterocycles. The van der Waals surface area contributed by atoms with Crippen molar-refractivity contribution in [1.29, 1.82) is 5.26 Å². The minimum atomic E-state index is -0.498. The standard InChI is InChI=1S/C13H6ClFN4/c14-9-4-1-5-10(15)11(9)12-17-13-8(7-16)3-2-6-19(13)18-12/h1-6H. The molecule has 2 heterocycles. The zero-order valence-corrected chi connectivity index (χ0v) is 10.3. The van der Waals surface area contributed by atoms with Crippen LogP contribution >= 0.6 is 11.6 Å². The van der Waals surface area contributed by atoms with Gasteiger partial charge in [-0.25, -0.2) is 13.9 Å². The maximum absolute atomic E-state index is 13.8. The SMILES string of the molecule is N#Cc1cccn2nc(-c3c(F)cccc3Cl)nc12. The van der Waals surface area contributed by atoms with Crippen LogP contribution in [-0.2, 0) is 0 Å². The molecule has 0 radical (unpaired) electrons. The molecule has 3 aromatic rings. The minimum Gasteiger partial charge on any atom is -0.219 e. The summed E-state index contributed by atoms with van der Waals surface area (Å²) in [5.74, 6) is -0.340. The predicted octanol–water partition coefficient (Wildman–Crippen LogP) is 3.06. The number of pyridine rings is 1. The van der Waals surface area contributed by atoms with Crippen LogP contribution in [0.2, 0.25) is 5.02 Å². The predicted molar refractivity (Wildman–Crippen MR) is 68.1 cm³/mol. The van der Waals surface area contributed by atoms with E-state index in [1.165, 1.54) is 16.6 Å². The second-order valence-corrected chi connectivity index (χ2v) is 4.24. The molecule has 0 fully saturated rings. The van der Waals surface area contributed by atoms with Crippen LogP contribution < -0.4 is 0 Å². The summed E-state index contributed by atoms with van der Waals surface area (Å²) < 4.78 is 15.2. The summed E-state index contributed by atoms with van der Waals surface area (Å²) >= 11 is 5.97. The number of hydrogen-bond acceptors (Lipinski definition) is 3. The second-order valence-electron chi connectivity index (χ2n) is 3.83. The maximum atomic E-state index is 13.8. The molecule has 3 rings (SSSR count). The van der Waals surface area contributed by atoms with Crippen molar-refractivity contribution in [3.8, 4) is 17.5 Å². The highest BCUT2D eigenvalue weighted by molar-refractivity contribution is 6.33. The van der Waals surface area contributed by atoms with Crippen molar-refractivity contribution < 1.29 is 4.39 Å². The molecule has 2 aromatic heterocycles. The normalized spacial score (nSPS) is 10.6. The van der Waals surface area contributed by atoms with Crippen molar-refractivity contribution in [3.05, 3.63) is 52.9 Å². The minimum absolute atomic E-state index is 0.136. The first-order chi connectivity index (χ1) is 9.20. The molecule has 19 heavy (non-hydrogen) atoms. The Hall–Kier alpha value is -2.45. The molecular formula is C13H6ClFN4. The molecule has 92 valence electrons. The lowest BCUT2D eigenvalue weighted by atomic mass is 10.2. The van der Waals surface area contributed by atoms with Crippen LogP contribution in [0, 0.1) is 17.1 Å². The Bertz CT molecular complexity index is 799. The van der Waals surface area contributed by atoms with E-state index in [4.69, 9.17) is 16.9 Å². The van der Waals surface area contributed by atoms with E-state index in [9.17, 15) is 4.39 Å². The fourth-order valence-corrected chi connectivity index (χ4v) is 2.06. The van der Waals surface area contributed by atoms with Crippen LogP contribution in [0.25, 0.3) is 17.0 Å². The van der Waals surface area contributed by atoms with Crippen molar-refractivity contribution in [1.82, 2.24) is 14.6 Å². The Kier molecular flexibility index (Phi) is 2.65. The Balaban J connectivity index is 2.31. The van der Waals surface area contributed by atoms with E-state index in [0.717, 1.165) is 0 Å². The zero-order chi connectivity index (χ0) is 13.4. The molecule has 0 atom stereocenters. The van der Waals surface area contributed by atoms with Gasteiger partial charge in [-0.05, 0) is 24.3 Å². The summed E-state index contributed by atoms with van der Waals surface area (Å²) in [7, 11) is 0. The number of hydrogen-bond donors (Lipinski definition) is 0. The quantitative estimate of drug-likeness (QED) is 0.684. The highest BCUT2D eigenvalue weighted by Crippen LogP contribution is 2.28. The third-order valence-corrected chi connectivity index (χ3v) is 2.98. The first-order valence-corrected chi connectivity index (χ1v) is 5.78. The Morgan fingerprint density at radius 2 is 2.11 bits per heavy atom. The van der Waals surface area contributed by atoms with E-state index in [1.54, 1.807) is 24.4 Å². The number of fused-ring (bicyclic) bond motifs is 1.